The molecule has 0 saturated heterocycles. The Morgan fingerprint density at radius 3 is 2.57 bits per heavy atom. The summed E-state index contributed by atoms with van der Waals surface area (Å²) in [7, 11) is 0. The van der Waals surface area contributed by atoms with Crippen molar-refractivity contribution in [3.8, 4) is 10.6 Å². The molecule has 0 bridgehead atoms. The molecule has 0 amide bonds. The van der Waals surface area contributed by atoms with Gasteiger partial charge in [-0.2, -0.15) is 0 Å². The van der Waals surface area contributed by atoms with Gasteiger partial charge >= 0.3 is 0 Å². The summed E-state index contributed by atoms with van der Waals surface area (Å²) in [5, 5.41) is 3.28. The fourth-order valence-electron chi connectivity index (χ4n) is 5.74. The highest BCUT2D eigenvalue weighted by molar-refractivity contribution is 7.21. The predicted molar refractivity (Wildman–Crippen MR) is 146 cm³/mol. The van der Waals surface area contributed by atoms with Crippen LogP contribution in [0.15, 0.2) is 114 Å². The number of nitrogens with zero attached hydrogens (tertiary/aromatic N) is 2. The second-order valence-electron chi connectivity index (χ2n) is 9.14. The van der Waals surface area contributed by atoms with Crippen LogP contribution in [0.25, 0.3) is 42.7 Å². The van der Waals surface area contributed by atoms with Crippen LogP contribution in [0, 0.1) is 0 Å². The Balaban J connectivity index is 1.43. The summed E-state index contributed by atoms with van der Waals surface area (Å²) in [6.07, 6.45) is 8.94. The van der Waals surface area contributed by atoms with Gasteiger partial charge in [0.15, 0.2) is 5.58 Å². The lowest BCUT2D eigenvalue weighted by atomic mass is 9.91. The first-order valence-corrected chi connectivity index (χ1v) is 12.7. The number of anilines is 2. The van der Waals surface area contributed by atoms with E-state index in [9.17, 15) is 0 Å². The quantitative estimate of drug-likeness (QED) is 0.255. The van der Waals surface area contributed by atoms with Crippen molar-refractivity contribution in [2.24, 2.45) is 0 Å². The van der Waals surface area contributed by atoms with E-state index in [0.29, 0.717) is 5.92 Å². The fourth-order valence-corrected chi connectivity index (χ4v) is 6.74. The number of rotatable bonds is 2. The minimum atomic E-state index is 0.224. The molecule has 0 N–H and O–H groups in total. The van der Waals surface area contributed by atoms with Gasteiger partial charge in [0, 0.05) is 27.9 Å². The summed E-state index contributed by atoms with van der Waals surface area (Å²) in [5.41, 5.74) is 7.68. The van der Waals surface area contributed by atoms with Crippen molar-refractivity contribution >= 4 is 54.9 Å². The highest BCUT2D eigenvalue weighted by Gasteiger charge is 2.38. The SMILES string of the molecule is C1=CC2c3ccccc3N(c3ccc(-c4nc5ccccc5s4)c4c3oc3ccccc34)C2C=C1. The average molecular weight is 469 g/mol. The zero-order valence-corrected chi connectivity index (χ0v) is 19.6. The molecule has 4 aromatic carbocycles. The number of aromatic nitrogens is 1. The number of para-hydroxylation sites is 3. The first kappa shape index (κ1) is 19.2. The van der Waals surface area contributed by atoms with Crippen LogP contribution in [0.1, 0.15) is 11.5 Å². The van der Waals surface area contributed by atoms with E-state index in [2.05, 4.69) is 102 Å². The van der Waals surface area contributed by atoms with E-state index >= 15 is 0 Å². The number of fused-ring (bicyclic) bond motifs is 7. The largest absolute Gasteiger partial charge is 0.454 e. The lowest BCUT2D eigenvalue weighted by molar-refractivity contribution is 0.663. The smallest absolute Gasteiger partial charge is 0.159 e. The van der Waals surface area contributed by atoms with Crippen LogP contribution in [-0.2, 0) is 0 Å². The lowest BCUT2D eigenvalue weighted by Crippen LogP contribution is -2.28. The Morgan fingerprint density at radius 2 is 1.60 bits per heavy atom. The van der Waals surface area contributed by atoms with Crippen LogP contribution >= 0.6 is 11.3 Å². The van der Waals surface area contributed by atoms with Gasteiger partial charge in [0.05, 0.1) is 21.9 Å². The molecule has 0 saturated carbocycles. The molecule has 1 aliphatic carbocycles. The number of benzene rings is 4. The molecule has 3 nitrogen and oxygen atoms in total. The van der Waals surface area contributed by atoms with Crippen LogP contribution in [0.4, 0.5) is 11.4 Å². The maximum atomic E-state index is 6.62. The second kappa shape index (κ2) is 7.17. The van der Waals surface area contributed by atoms with Gasteiger partial charge in [-0.05, 0) is 42.0 Å². The van der Waals surface area contributed by atoms with Crippen LogP contribution < -0.4 is 4.90 Å². The molecule has 0 spiro atoms. The Labute approximate surface area is 206 Å². The number of hydrogen-bond donors (Lipinski definition) is 0. The third-order valence-electron chi connectivity index (χ3n) is 7.25. The van der Waals surface area contributed by atoms with Crippen LogP contribution in [-0.4, -0.2) is 11.0 Å². The molecule has 3 heterocycles. The van der Waals surface area contributed by atoms with Gasteiger partial charge < -0.3 is 9.32 Å². The summed E-state index contributed by atoms with van der Waals surface area (Å²) in [4.78, 5) is 7.44. The van der Waals surface area contributed by atoms with Gasteiger partial charge in [-0.25, -0.2) is 4.98 Å². The molecule has 8 rings (SSSR count). The molecule has 6 aromatic rings. The second-order valence-corrected chi connectivity index (χ2v) is 10.2. The standard InChI is InChI=1S/C31H20N2OS/c1-5-13-24-19(9-1)20-10-2-6-14-25(20)33(24)26-18-17-22(31-32-23-12-4-8-16-28(23)35-31)29-21-11-3-7-15-27(21)34-30(26)29/h1-19,24H. The number of furan rings is 1. The van der Waals surface area contributed by atoms with Crippen molar-refractivity contribution < 1.29 is 4.42 Å². The molecular formula is C31H20N2OS. The van der Waals surface area contributed by atoms with Crippen molar-refractivity contribution in [3.63, 3.8) is 0 Å². The summed E-state index contributed by atoms with van der Waals surface area (Å²) in [6, 6.07) is 30.1. The molecular weight excluding hydrogens is 448 g/mol. The van der Waals surface area contributed by atoms with E-state index < -0.39 is 0 Å². The zero-order chi connectivity index (χ0) is 22.9. The molecule has 1 aliphatic heterocycles. The van der Waals surface area contributed by atoms with Gasteiger partial charge in [-0.15, -0.1) is 11.3 Å². The minimum absolute atomic E-state index is 0.224. The zero-order valence-electron chi connectivity index (χ0n) is 18.8. The molecule has 2 aliphatic rings. The van der Waals surface area contributed by atoms with Crippen molar-refractivity contribution in [1.82, 2.24) is 4.98 Å². The van der Waals surface area contributed by atoms with Gasteiger partial charge in [-0.3, -0.25) is 0 Å². The maximum Gasteiger partial charge on any atom is 0.159 e. The van der Waals surface area contributed by atoms with Crippen molar-refractivity contribution in [2.45, 2.75) is 12.0 Å². The van der Waals surface area contributed by atoms with Crippen LogP contribution in [0.3, 0.4) is 0 Å². The summed E-state index contributed by atoms with van der Waals surface area (Å²) >= 11 is 1.74. The normalized spacial score (nSPS) is 18.6. The van der Waals surface area contributed by atoms with E-state index in [1.165, 1.54) is 16.0 Å². The maximum absolute atomic E-state index is 6.62. The molecule has 2 aromatic heterocycles. The fraction of sp³-hybridized carbons (Fsp3) is 0.0645. The summed E-state index contributed by atoms with van der Waals surface area (Å²) in [5.74, 6) is 0.333. The van der Waals surface area contributed by atoms with Crippen molar-refractivity contribution in [3.05, 3.63) is 115 Å². The van der Waals surface area contributed by atoms with Crippen LogP contribution in [0.2, 0.25) is 0 Å². The van der Waals surface area contributed by atoms with Gasteiger partial charge in [0.25, 0.3) is 0 Å². The first-order valence-electron chi connectivity index (χ1n) is 11.9. The van der Waals surface area contributed by atoms with Crippen LogP contribution in [0.5, 0.6) is 0 Å². The topological polar surface area (TPSA) is 29.3 Å². The Morgan fingerprint density at radius 1 is 0.771 bits per heavy atom. The third kappa shape index (κ3) is 2.69. The van der Waals surface area contributed by atoms with E-state index in [1.807, 2.05) is 12.1 Å². The molecule has 4 heteroatoms. The van der Waals surface area contributed by atoms with Gasteiger partial charge in [0.2, 0.25) is 0 Å². The number of allylic oxidation sites excluding steroid dienone is 2. The number of thiazole rings is 1. The minimum Gasteiger partial charge on any atom is -0.454 e. The Bertz CT molecular complexity index is 1810. The summed E-state index contributed by atoms with van der Waals surface area (Å²) in [6.45, 7) is 0. The van der Waals surface area contributed by atoms with Gasteiger partial charge in [0.1, 0.15) is 10.6 Å². The van der Waals surface area contributed by atoms with E-state index in [1.54, 1.807) is 11.3 Å². The van der Waals surface area contributed by atoms with Gasteiger partial charge in [-0.1, -0.05) is 72.8 Å². The monoisotopic (exact) mass is 468 g/mol. The van der Waals surface area contributed by atoms with E-state index in [4.69, 9.17) is 9.40 Å². The lowest BCUT2D eigenvalue weighted by Gasteiger charge is -2.28. The molecule has 2 unspecified atom stereocenters. The molecule has 0 fully saturated rings. The third-order valence-corrected chi connectivity index (χ3v) is 8.32. The van der Waals surface area contributed by atoms with Crippen molar-refractivity contribution in [2.75, 3.05) is 4.90 Å². The highest BCUT2D eigenvalue weighted by atomic mass is 32.1. The molecule has 0 radical (unpaired) electrons. The molecule has 2 atom stereocenters. The first-order chi connectivity index (χ1) is 17.4. The predicted octanol–water partition coefficient (Wildman–Crippen LogP) is 8.59. The Kier molecular flexibility index (Phi) is 3.93. The number of hydrogen-bond acceptors (Lipinski definition) is 4. The van der Waals surface area contributed by atoms with Crippen molar-refractivity contribution in [1.29, 1.82) is 0 Å². The molecule has 166 valence electrons. The average Bonchev–Trinajstić information content (AvgIpc) is 3.60. The Hall–Kier alpha value is -4.15. The summed E-state index contributed by atoms with van der Waals surface area (Å²) < 4.78 is 7.82. The van der Waals surface area contributed by atoms with E-state index in [0.717, 1.165) is 43.7 Å². The van der Waals surface area contributed by atoms with E-state index in [-0.39, 0.29) is 6.04 Å². The molecule has 35 heavy (non-hydrogen) atoms. The highest BCUT2D eigenvalue weighted by Crippen LogP contribution is 2.51.